The van der Waals surface area contributed by atoms with Crippen LogP contribution in [0.4, 0.5) is 5.69 Å². The largest absolute Gasteiger partial charge is 0.493 e. The van der Waals surface area contributed by atoms with Crippen molar-refractivity contribution >= 4 is 17.3 Å². The third-order valence-electron chi connectivity index (χ3n) is 4.42. The lowest BCUT2D eigenvalue weighted by Crippen LogP contribution is -2.50. The predicted molar refractivity (Wildman–Crippen MR) is 77.8 cm³/mol. The van der Waals surface area contributed by atoms with E-state index >= 15 is 0 Å². The number of methoxy groups -OCH3 is 2. The Hall–Kier alpha value is -1.09. The van der Waals surface area contributed by atoms with Gasteiger partial charge in [-0.15, -0.1) is 11.6 Å². The van der Waals surface area contributed by atoms with Gasteiger partial charge in [-0.25, -0.2) is 0 Å². The number of hydrogen-bond acceptors (Lipinski definition) is 3. The van der Waals surface area contributed by atoms with Crippen molar-refractivity contribution < 1.29 is 9.47 Å². The van der Waals surface area contributed by atoms with Gasteiger partial charge in [-0.05, 0) is 37.3 Å². The van der Waals surface area contributed by atoms with Crippen LogP contribution in [-0.4, -0.2) is 32.2 Å². The number of benzene rings is 1. The minimum atomic E-state index is 0.285. The zero-order chi connectivity index (χ0) is 13.6. The summed E-state index contributed by atoms with van der Waals surface area (Å²) in [4.78, 5) is 2.46. The summed E-state index contributed by atoms with van der Waals surface area (Å²) in [6.07, 6.45) is 2.09. The van der Waals surface area contributed by atoms with Crippen LogP contribution >= 0.6 is 11.6 Å². The van der Waals surface area contributed by atoms with Gasteiger partial charge >= 0.3 is 0 Å². The van der Waals surface area contributed by atoms with Crippen LogP contribution in [0, 0.1) is 5.92 Å². The smallest absolute Gasteiger partial charge is 0.162 e. The number of piperidine rings is 1. The number of anilines is 1. The molecule has 3 nitrogen and oxygen atoms in total. The van der Waals surface area contributed by atoms with Crippen LogP contribution in [0.2, 0.25) is 0 Å². The van der Waals surface area contributed by atoms with Crippen molar-refractivity contribution in [2.75, 3.05) is 25.7 Å². The first-order valence-corrected chi connectivity index (χ1v) is 7.23. The highest BCUT2D eigenvalue weighted by Crippen LogP contribution is 2.44. The molecule has 0 unspecified atom stereocenters. The molecule has 19 heavy (non-hydrogen) atoms. The maximum Gasteiger partial charge on any atom is 0.162 e. The fourth-order valence-electron chi connectivity index (χ4n) is 3.34. The number of nitrogens with zero attached hydrogens (tertiary/aromatic N) is 1. The Balaban J connectivity index is 2.07. The summed E-state index contributed by atoms with van der Waals surface area (Å²) in [7, 11) is 3.37. The number of alkyl halides is 1. The molecule has 2 bridgehead atoms. The first-order valence-electron chi connectivity index (χ1n) is 6.79. The van der Waals surface area contributed by atoms with Gasteiger partial charge in [0, 0.05) is 29.7 Å². The van der Waals surface area contributed by atoms with Crippen LogP contribution in [0.15, 0.2) is 12.1 Å². The molecule has 2 aliphatic rings. The molecule has 3 rings (SSSR count). The van der Waals surface area contributed by atoms with Crippen molar-refractivity contribution in [1.82, 2.24) is 0 Å². The van der Waals surface area contributed by atoms with Crippen LogP contribution in [0.3, 0.4) is 0 Å². The monoisotopic (exact) mass is 281 g/mol. The molecular weight excluding hydrogens is 262 g/mol. The summed E-state index contributed by atoms with van der Waals surface area (Å²) >= 11 is 6.49. The van der Waals surface area contributed by atoms with Gasteiger partial charge in [0.05, 0.1) is 14.2 Å². The van der Waals surface area contributed by atoms with Gasteiger partial charge in [0.1, 0.15) is 0 Å². The maximum absolute atomic E-state index is 6.49. The van der Waals surface area contributed by atoms with Gasteiger partial charge in [-0.1, -0.05) is 0 Å². The highest BCUT2D eigenvalue weighted by Gasteiger charge is 2.37. The third kappa shape index (κ3) is 2.04. The number of halogens is 1. The zero-order valence-electron chi connectivity index (χ0n) is 11.6. The minimum Gasteiger partial charge on any atom is -0.493 e. The van der Waals surface area contributed by atoms with Crippen molar-refractivity contribution in [1.29, 1.82) is 0 Å². The second-order valence-corrected chi connectivity index (χ2v) is 6.11. The number of hydrogen-bond donors (Lipinski definition) is 0. The predicted octanol–water partition coefficient (Wildman–Crippen LogP) is 3.08. The molecule has 0 radical (unpaired) electrons. The summed E-state index contributed by atoms with van der Waals surface area (Å²) < 4.78 is 10.8. The molecule has 1 aromatic rings. The number of fused-ring (bicyclic) bond motifs is 4. The minimum absolute atomic E-state index is 0.285. The van der Waals surface area contributed by atoms with Gasteiger partial charge < -0.3 is 14.4 Å². The Labute approximate surface area is 119 Å². The van der Waals surface area contributed by atoms with Crippen LogP contribution < -0.4 is 14.4 Å². The fourth-order valence-corrected chi connectivity index (χ4v) is 3.77. The van der Waals surface area contributed by atoms with Crippen LogP contribution in [0.5, 0.6) is 11.5 Å². The normalized spacial score (nSPS) is 28.8. The Morgan fingerprint density at radius 3 is 2.58 bits per heavy atom. The van der Waals surface area contributed by atoms with Crippen molar-refractivity contribution in [3.8, 4) is 11.5 Å². The summed E-state index contributed by atoms with van der Waals surface area (Å²) in [5.41, 5.74) is 2.61. The Morgan fingerprint density at radius 1 is 1.21 bits per heavy atom. The Morgan fingerprint density at radius 2 is 1.89 bits per heavy atom. The van der Waals surface area contributed by atoms with Crippen LogP contribution in [-0.2, 0) is 6.42 Å². The van der Waals surface area contributed by atoms with Crippen molar-refractivity contribution in [2.24, 2.45) is 5.92 Å². The molecule has 104 valence electrons. The highest BCUT2D eigenvalue weighted by molar-refractivity contribution is 6.21. The Bertz CT molecular complexity index is 491. The fraction of sp³-hybridized carbons (Fsp3) is 0.600. The second kappa shape index (κ2) is 4.78. The Kier molecular flexibility index (Phi) is 3.25. The molecule has 0 N–H and O–H groups in total. The third-order valence-corrected chi connectivity index (χ3v) is 4.95. The van der Waals surface area contributed by atoms with E-state index < -0.39 is 0 Å². The zero-order valence-corrected chi connectivity index (χ0v) is 12.4. The summed E-state index contributed by atoms with van der Waals surface area (Å²) in [5.74, 6) is 2.16. The van der Waals surface area contributed by atoms with Crippen molar-refractivity contribution in [2.45, 2.75) is 31.2 Å². The van der Waals surface area contributed by atoms with E-state index in [1.807, 2.05) is 0 Å². The molecule has 1 fully saturated rings. The van der Waals surface area contributed by atoms with Gasteiger partial charge in [0.15, 0.2) is 11.5 Å². The lowest BCUT2D eigenvalue weighted by atomic mass is 9.82. The van der Waals surface area contributed by atoms with Crippen LogP contribution in [0.25, 0.3) is 0 Å². The van der Waals surface area contributed by atoms with E-state index in [0.29, 0.717) is 12.0 Å². The van der Waals surface area contributed by atoms with Crippen LogP contribution in [0.1, 0.15) is 18.9 Å². The second-order valence-electron chi connectivity index (χ2n) is 5.55. The SMILES string of the molecule is COc1cc2c(cc1OC)N1C[C@@H](C2)[C@H](Cl)C[C@@H]1C. The summed E-state index contributed by atoms with van der Waals surface area (Å²) in [6.45, 7) is 3.30. The average molecular weight is 282 g/mol. The molecule has 2 aliphatic heterocycles. The number of rotatable bonds is 2. The molecule has 3 atom stereocenters. The molecule has 0 aliphatic carbocycles. The van der Waals surface area contributed by atoms with Crippen molar-refractivity contribution in [3.05, 3.63) is 17.7 Å². The van der Waals surface area contributed by atoms with Gasteiger partial charge in [0.25, 0.3) is 0 Å². The molecule has 0 aromatic heterocycles. The van der Waals surface area contributed by atoms with E-state index in [1.54, 1.807) is 14.2 Å². The maximum atomic E-state index is 6.49. The molecule has 2 heterocycles. The molecule has 4 heteroatoms. The quantitative estimate of drug-likeness (QED) is 0.778. The first-order chi connectivity index (χ1) is 9.13. The van der Waals surface area contributed by atoms with Crippen molar-refractivity contribution in [3.63, 3.8) is 0 Å². The molecule has 0 saturated carbocycles. The van der Waals surface area contributed by atoms with E-state index in [0.717, 1.165) is 30.9 Å². The van der Waals surface area contributed by atoms with E-state index in [4.69, 9.17) is 21.1 Å². The molecule has 0 amide bonds. The van der Waals surface area contributed by atoms with E-state index in [9.17, 15) is 0 Å². The topological polar surface area (TPSA) is 21.7 Å². The highest BCUT2D eigenvalue weighted by atomic mass is 35.5. The molecule has 0 spiro atoms. The first kappa shape index (κ1) is 12.9. The lowest BCUT2D eigenvalue weighted by Gasteiger charge is -2.47. The van der Waals surface area contributed by atoms with E-state index in [1.165, 1.54) is 11.3 Å². The summed E-state index contributed by atoms with van der Waals surface area (Å²) in [6, 6.07) is 4.70. The lowest BCUT2D eigenvalue weighted by molar-refractivity contribution is 0.341. The van der Waals surface area contributed by atoms with Gasteiger partial charge in [-0.3, -0.25) is 0 Å². The molecule has 1 saturated heterocycles. The molecular formula is C15H20ClNO2. The average Bonchev–Trinajstić information content (AvgIpc) is 2.43. The summed E-state index contributed by atoms with van der Waals surface area (Å²) in [5, 5.41) is 0.285. The number of ether oxygens (including phenoxy) is 2. The van der Waals surface area contributed by atoms with E-state index in [2.05, 4.69) is 24.0 Å². The van der Waals surface area contributed by atoms with Gasteiger partial charge in [0.2, 0.25) is 0 Å². The van der Waals surface area contributed by atoms with Gasteiger partial charge in [-0.2, -0.15) is 0 Å². The van der Waals surface area contributed by atoms with E-state index in [-0.39, 0.29) is 5.38 Å². The molecule has 1 aromatic carbocycles. The standard InChI is InChI=1S/C15H20ClNO2/c1-9-4-12(16)11-5-10-6-14(18-2)15(19-3)7-13(10)17(9)8-11/h6-7,9,11-12H,4-5,8H2,1-3H3/t9-,11+,12+/m0/s1.